The number of hydrogen-bond acceptors (Lipinski definition) is 3. The third-order valence-electron chi connectivity index (χ3n) is 5.41. The van der Waals surface area contributed by atoms with Crippen LogP contribution in [0.15, 0.2) is 36.4 Å². The number of halogens is 1. The highest BCUT2D eigenvalue weighted by molar-refractivity contribution is 5.73. The summed E-state index contributed by atoms with van der Waals surface area (Å²) in [4.78, 5) is 13.1. The smallest absolute Gasteiger partial charge is 0.217 e. The Morgan fingerprint density at radius 2 is 1.86 bits per heavy atom. The number of methoxy groups -OCH3 is 2. The Morgan fingerprint density at radius 3 is 2.46 bits per heavy atom. The first-order chi connectivity index (χ1) is 13.4. The van der Waals surface area contributed by atoms with Gasteiger partial charge in [-0.3, -0.25) is 4.79 Å². The number of nitrogens with one attached hydrogen (secondary N) is 2. The number of ether oxygens (including phenoxy) is 2. The first-order valence-corrected chi connectivity index (χ1v) is 9.53. The maximum absolute atomic E-state index is 13.3. The Bertz CT molecular complexity index is 838. The first kappa shape index (κ1) is 20.1. The van der Waals surface area contributed by atoms with Crippen molar-refractivity contribution >= 4 is 5.91 Å². The maximum Gasteiger partial charge on any atom is 0.217 e. The predicted molar refractivity (Wildman–Crippen MR) is 105 cm³/mol. The molecule has 6 heteroatoms. The van der Waals surface area contributed by atoms with Crippen molar-refractivity contribution in [2.75, 3.05) is 20.8 Å². The minimum atomic E-state index is -0.234. The summed E-state index contributed by atoms with van der Waals surface area (Å²) in [5, 5.41) is 3.05. The maximum atomic E-state index is 13.3. The van der Waals surface area contributed by atoms with Gasteiger partial charge in [-0.1, -0.05) is 12.1 Å². The van der Waals surface area contributed by atoms with E-state index in [0.29, 0.717) is 11.5 Å². The van der Waals surface area contributed by atoms with Crippen LogP contribution in [0.4, 0.5) is 4.39 Å². The molecular weight excluding hydrogens is 359 g/mol. The monoisotopic (exact) mass is 387 g/mol. The Kier molecular flexibility index (Phi) is 6.19. The number of quaternary nitrogens is 1. The van der Waals surface area contributed by atoms with Gasteiger partial charge in [0.2, 0.25) is 5.91 Å². The van der Waals surface area contributed by atoms with Crippen molar-refractivity contribution in [1.29, 1.82) is 0 Å². The van der Waals surface area contributed by atoms with Crippen molar-refractivity contribution < 1.29 is 23.6 Å². The van der Waals surface area contributed by atoms with Gasteiger partial charge in [-0.05, 0) is 36.8 Å². The second-order valence-corrected chi connectivity index (χ2v) is 7.33. The molecule has 0 fully saturated rings. The van der Waals surface area contributed by atoms with E-state index >= 15 is 0 Å². The predicted octanol–water partition coefficient (Wildman–Crippen LogP) is 2.05. The molecule has 1 aliphatic heterocycles. The molecule has 2 aromatic carbocycles. The van der Waals surface area contributed by atoms with Gasteiger partial charge in [0.05, 0.1) is 26.8 Å². The standard InChI is InChI=1S/C22H27FN2O3/c1-14(24-15(2)26)22-19-12-21(28-4)20(27-3)11-17(19)9-10-25(22)13-16-5-7-18(23)8-6-16/h5-8,11-12,14,22H,9-10,13H2,1-4H3,(H,24,26)/p+1/t14-,22-/m0/s1. The van der Waals surface area contributed by atoms with Crippen LogP contribution < -0.4 is 19.7 Å². The third kappa shape index (κ3) is 4.28. The number of rotatable bonds is 6. The SMILES string of the molecule is COc1cc2c(cc1OC)[C@H]([C@H](C)NC(C)=O)[NH+](Cc1ccc(F)cc1)CC2. The van der Waals surface area contributed by atoms with Crippen molar-refractivity contribution in [3.8, 4) is 11.5 Å². The lowest BCUT2D eigenvalue weighted by atomic mass is 9.87. The van der Waals surface area contributed by atoms with Crippen molar-refractivity contribution in [2.45, 2.75) is 38.9 Å². The lowest BCUT2D eigenvalue weighted by Crippen LogP contribution is -3.13. The zero-order valence-electron chi connectivity index (χ0n) is 16.8. The average molecular weight is 387 g/mol. The molecule has 1 aliphatic rings. The lowest BCUT2D eigenvalue weighted by molar-refractivity contribution is -0.948. The van der Waals surface area contributed by atoms with E-state index in [9.17, 15) is 9.18 Å². The molecule has 0 bridgehead atoms. The highest BCUT2D eigenvalue weighted by Crippen LogP contribution is 2.35. The third-order valence-corrected chi connectivity index (χ3v) is 5.41. The Balaban J connectivity index is 1.99. The van der Waals surface area contributed by atoms with E-state index < -0.39 is 0 Å². The molecule has 0 aromatic heterocycles. The molecule has 0 saturated heterocycles. The Labute approximate surface area is 165 Å². The second-order valence-electron chi connectivity index (χ2n) is 7.33. The van der Waals surface area contributed by atoms with Gasteiger partial charge in [-0.15, -0.1) is 0 Å². The number of carbonyl (C=O) groups excluding carboxylic acids is 1. The largest absolute Gasteiger partial charge is 0.493 e. The minimum absolute atomic E-state index is 0.0532. The fourth-order valence-electron chi connectivity index (χ4n) is 4.20. The molecule has 0 saturated carbocycles. The van der Waals surface area contributed by atoms with Crippen LogP contribution in [0, 0.1) is 5.82 Å². The van der Waals surface area contributed by atoms with E-state index in [1.165, 1.54) is 29.5 Å². The molecule has 1 unspecified atom stereocenters. The summed E-state index contributed by atoms with van der Waals surface area (Å²) in [6, 6.07) is 10.7. The van der Waals surface area contributed by atoms with Crippen molar-refractivity contribution in [1.82, 2.24) is 5.32 Å². The summed E-state index contributed by atoms with van der Waals surface area (Å²) < 4.78 is 24.3. The highest BCUT2D eigenvalue weighted by Gasteiger charge is 2.36. The molecule has 2 N–H and O–H groups in total. The molecule has 0 radical (unpaired) electrons. The second kappa shape index (κ2) is 8.61. The number of hydrogen-bond donors (Lipinski definition) is 2. The lowest BCUT2D eigenvalue weighted by Gasteiger charge is -2.38. The van der Waals surface area contributed by atoms with E-state index in [2.05, 4.69) is 5.32 Å². The highest BCUT2D eigenvalue weighted by atomic mass is 19.1. The van der Waals surface area contributed by atoms with Crippen LogP contribution in [0.25, 0.3) is 0 Å². The van der Waals surface area contributed by atoms with Gasteiger partial charge in [-0.2, -0.15) is 0 Å². The van der Waals surface area contributed by atoms with Crippen LogP contribution in [0.1, 0.15) is 36.6 Å². The fraction of sp³-hybridized carbons (Fsp3) is 0.409. The van der Waals surface area contributed by atoms with Gasteiger partial charge in [0.25, 0.3) is 0 Å². The summed E-state index contributed by atoms with van der Waals surface area (Å²) >= 11 is 0. The van der Waals surface area contributed by atoms with Crippen LogP contribution in [-0.2, 0) is 17.8 Å². The fourth-order valence-corrected chi connectivity index (χ4v) is 4.20. The van der Waals surface area contributed by atoms with Gasteiger partial charge in [0.15, 0.2) is 11.5 Å². The van der Waals surface area contributed by atoms with Gasteiger partial charge in [0, 0.05) is 24.5 Å². The van der Waals surface area contributed by atoms with Crippen LogP contribution in [0.2, 0.25) is 0 Å². The number of benzene rings is 2. The zero-order valence-corrected chi connectivity index (χ0v) is 16.8. The molecule has 0 aliphatic carbocycles. The van der Waals surface area contributed by atoms with E-state index in [0.717, 1.165) is 30.6 Å². The van der Waals surface area contributed by atoms with Gasteiger partial charge in [-0.25, -0.2) is 4.39 Å². The van der Waals surface area contributed by atoms with Crippen molar-refractivity contribution in [3.63, 3.8) is 0 Å². The quantitative estimate of drug-likeness (QED) is 0.798. The molecule has 150 valence electrons. The molecule has 3 atom stereocenters. The number of carbonyl (C=O) groups is 1. The molecule has 1 amide bonds. The van der Waals surface area contributed by atoms with Crippen LogP contribution in [0.5, 0.6) is 11.5 Å². The van der Waals surface area contributed by atoms with Gasteiger partial charge in [0.1, 0.15) is 18.4 Å². The van der Waals surface area contributed by atoms with Crippen LogP contribution >= 0.6 is 0 Å². The normalized spacial score (nSPS) is 19.5. The summed E-state index contributed by atoms with van der Waals surface area (Å²) in [6.45, 7) is 5.23. The first-order valence-electron chi connectivity index (χ1n) is 9.53. The summed E-state index contributed by atoms with van der Waals surface area (Å²) in [7, 11) is 3.26. The van der Waals surface area contributed by atoms with Gasteiger partial charge < -0.3 is 19.7 Å². The van der Waals surface area contributed by atoms with E-state index in [1.807, 2.05) is 31.2 Å². The van der Waals surface area contributed by atoms with Crippen LogP contribution in [-0.4, -0.2) is 32.7 Å². The topological polar surface area (TPSA) is 52.0 Å². The summed E-state index contributed by atoms with van der Waals surface area (Å²) in [5.74, 6) is 1.11. The van der Waals surface area contributed by atoms with Crippen molar-refractivity contribution in [2.24, 2.45) is 0 Å². The zero-order chi connectivity index (χ0) is 20.3. The number of amides is 1. The molecule has 1 heterocycles. The Hall–Kier alpha value is -2.60. The molecule has 28 heavy (non-hydrogen) atoms. The molecule has 0 spiro atoms. The van der Waals surface area contributed by atoms with Crippen LogP contribution in [0.3, 0.4) is 0 Å². The van der Waals surface area contributed by atoms with Crippen molar-refractivity contribution in [3.05, 3.63) is 58.9 Å². The van der Waals surface area contributed by atoms with Gasteiger partial charge >= 0.3 is 0 Å². The van der Waals surface area contributed by atoms with E-state index in [4.69, 9.17) is 9.47 Å². The summed E-state index contributed by atoms with van der Waals surface area (Å²) in [6.07, 6.45) is 0.898. The average Bonchev–Trinajstić information content (AvgIpc) is 2.67. The summed E-state index contributed by atoms with van der Waals surface area (Å²) in [5.41, 5.74) is 3.44. The minimum Gasteiger partial charge on any atom is -0.493 e. The molecule has 2 aromatic rings. The molecular formula is C22H28FN2O3+. The Morgan fingerprint density at radius 1 is 1.21 bits per heavy atom. The van der Waals surface area contributed by atoms with E-state index in [-0.39, 0.29) is 23.8 Å². The number of fused-ring (bicyclic) bond motifs is 1. The molecule has 5 nitrogen and oxygen atoms in total. The molecule has 3 rings (SSSR count). The van der Waals surface area contributed by atoms with E-state index in [1.54, 1.807) is 14.2 Å².